The van der Waals surface area contributed by atoms with Crippen molar-refractivity contribution in [2.45, 2.75) is 45.8 Å². The summed E-state index contributed by atoms with van der Waals surface area (Å²) in [4.78, 5) is 34.9. The second kappa shape index (κ2) is 11.0. The molecule has 1 aromatic heterocycles. The van der Waals surface area contributed by atoms with Crippen LogP contribution >= 0.6 is 0 Å². The number of aromatic nitrogens is 1. The van der Waals surface area contributed by atoms with Gasteiger partial charge in [-0.2, -0.15) is 0 Å². The molecule has 0 spiro atoms. The lowest BCUT2D eigenvalue weighted by molar-refractivity contribution is 0.0299. The zero-order chi connectivity index (χ0) is 24.9. The number of carbonyl (C=O) groups excluding carboxylic acids is 2. The highest BCUT2D eigenvalue weighted by Crippen LogP contribution is 2.42. The number of urea groups is 1. The molecule has 3 heterocycles. The largest absolute Gasteiger partial charge is 0.396 e. The number of aliphatic hydroxyl groups excluding tert-OH is 1. The lowest BCUT2D eigenvalue weighted by Gasteiger charge is -2.27. The number of ether oxygens (including phenoxy) is 1. The number of rotatable bonds is 6. The predicted molar refractivity (Wildman–Crippen MR) is 135 cm³/mol. The highest BCUT2D eigenvalue weighted by Gasteiger charge is 2.37. The molecule has 2 aliphatic heterocycles. The summed E-state index contributed by atoms with van der Waals surface area (Å²) in [5.41, 5.74) is 4.74. The van der Waals surface area contributed by atoms with Crippen LogP contribution in [0.15, 0.2) is 36.4 Å². The van der Waals surface area contributed by atoms with Gasteiger partial charge in [-0.1, -0.05) is 30.4 Å². The Hall–Kier alpha value is -3.23. The minimum absolute atomic E-state index is 0.0189. The van der Waals surface area contributed by atoms with Crippen molar-refractivity contribution in [2.24, 2.45) is 0 Å². The van der Waals surface area contributed by atoms with Crippen molar-refractivity contribution in [3.05, 3.63) is 58.8 Å². The minimum Gasteiger partial charge on any atom is -0.396 e. The molecule has 0 unspecified atom stereocenters. The Morgan fingerprint density at radius 2 is 2.03 bits per heavy atom. The van der Waals surface area contributed by atoms with Gasteiger partial charge in [0.1, 0.15) is 5.69 Å². The van der Waals surface area contributed by atoms with Crippen molar-refractivity contribution in [3.63, 3.8) is 0 Å². The Kier molecular flexibility index (Phi) is 7.83. The van der Waals surface area contributed by atoms with Crippen LogP contribution in [0.25, 0.3) is 17.3 Å². The first-order valence-corrected chi connectivity index (χ1v) is 12.2. The predicted octanol–water partition coefficient (Wildman–Crippen LogP) is 3.61. The quantitative estimate of drug-likeness (QED) is 0.661. The third-order valence-electron chi connectivity index (χ3n) is 6.31. The van der Waals surface area contributed by atoms with E-state index in [4.69, 9.17) is 9.72 Å². The van der Waals surface area contributed by atoms with Gasteiger partial charge in [-0.15, -0.1) is 0 Å². The molecule has 1 aromatic carbocycles. The Morgan fingerprint density at radius 1 is 1.26 bits per heavy atom. The van der Waals surface area contributed by atoms with Crippen LogP contribution in [-0.2, 0) is 11.3 Å². The number of nitrogens with zero attached hydrogens (tertiary/aromatic N) is 3. The third-order valence-corrected chi connectivity index (χ3v) is 6.31. The van der Waals surface area contributed by atoms with E-state index in [2.05, 4.69) is 5.32 Å². The second-order valence-corrected chi connectivity index (χ2v) is 9.22. The summed E-state index contributed by atoms with van der Waals surface area (Å²) in [7, 11) is 0. The van der Waals surface area contributed by atoms with Crippen molar-refractivity contribution in [2.75, 3.05) is 32.9 Å². The lowest BCUT2D eigenvalue weighted by atomic mass is 9.94. The summed E-state index contributed by atoms with van der Waals surface area (Å²) in [6.45, 7) is 8.16. The minimum atomic E-state index is -0.339. The normalized spacial score (nSPS) is 17.8. The summed E-state index contributed by atoms with van der Waals surface area (Å²) >= 11 is 0. The molecule has 8 heteroatoms. The molecule has 2 aromatic rings. The third kappa shape index (κ3) is 5.39. The number of aliphatic hydroxyl groups is 1. The van der Waals surface area contributed by atoms with E-state index in [1.807, 2.05) is 63.3 Å². The fourth-order valence-corrected chi connectivity index (χ4v) is 4.77. The number of benzene rings is 1. The average molecular weight is 479 g/mol. The van der Waals surface area contributed by atoms with Crippen molar-refractivity contribution in [1.82, 2.24) is 20.1 Å². The van der Waals surface area contributed by atoms with Gasteiger partial charge >= 0.3 is 6.03 Å². The molecule has 8 nitrogen and oxygen atoms in total. The van der Waals surface area contributed by atoms with E-state index >= 15 is 0 Å². The van der Waals surface area contributed by atoms with E-state index in [1.54, 1.807) is 9.80 Å². The lowest BCUT2D eigenvalue weighted by Crippen LogP contribution is -2.42. The van der Waals surface area contributed by atoms with E-state index in [1.165, 1.54) is 0 Å². The second-order valence-electron chi connectivity index (χ2n) is 9.22. The van der Waals surface area contributed by atoms with Crippen LogP contribution in [0.2, 0.25) is 0 Å². The van der Waals surface area contributed by atoms with Gasteiger partial charge in [0, 0.05) is 43.4 Å². The van der Waals surface area contributed by atoms with Crippen LogP contribution in [0.3, 0.4) is 0 Å². The fraction of sp³-hybridized carbons (Fsp3) is 0.444. The standard InChI is InChI=1S/C27H34N4O4/c1-4-6-19-7-5-8-20(15-19)25-24-21(16-22(29-25)26(33)30-10-13-35-14-11-30)17-31(23(24)9-12-32)27(34)28-18(2)3/h4-8,15-16,18,23,32H,9-14,17H2,1-3H3,(H,28,34)/b6-4+/t23-/m0/s1. The zero-order valence-corrected chi connectivity index (χ0v) is 20.7. The number of allylic oxidation sites excluding steroid dienone is 1. The maximum atomic E-state index is 13.4. The van der Waals surface area contributed by atoms with Crippen LogP contribution in [0.4, 0.5) is 4.79 Å². The number of carbonyl (C=O) groups is 2. The van der Waals surface area contributed by atoms with E-state index in [0.717, 1.165) is 22.3 Å². The maximum Gasteiger partial charge on any atom is 0.318 e. The summed E-state index contributed by atoms with van der Waals surface area (Å²) in [6.07, 6.45) is 4.38. The molecule has 1 saturated heterocycles. The first kappa shape index (κ1) is 24.9. The van der Waals surface area contributed by atoms with Gasteiger partial charge in [0.05, 0.1) is 24.9 Å². The van der Waals surface area contributed by atoms with Gasteiger partial charge in [-0.3, -0.25) is 4.79 Å². The summed E-state index contributed by atoms with van der Waals surface area (Å²) in [5, 5.41) is 12.8. The molecule has 35 heavy (non-hydrogen) atoms. The molecule has 0 saturated carbocycles. The van der Waals surface area contributed by atoms with Gasteiger partial charge in [-0.25, -0.2) is 9.78 Å². The summed E-state index contributed by atoms with van der Waals surface area (Å²) in [6, 6.07) is 9.27. The van der Waals surface area contributed by atoms with Crippen molar-refractivity contribution in [3.8, 4) is 11.3 Å². The number of morpholine rings is 1. The molecular weight excluding hydrogens is 444 g/mol. The van der Waals surface area contributed by atoms with Gasteiger partial charge in [0.15, 0.2) is 0 Å². The van der Waals surface area contributed by atoms with Crippen molar-refractivity contribution in [1.29, 1.82) is 0 Å². The Labute approximate surface area is 206 Å². The molecule has 1 atom stereocenters. The van der Waals surface area contributed by atoms with Crippen molar-refractivity contribution < 1.29 is 19.4 Å². The highest BCUT2D eigenvalue weighted by molar-refractivity contribution is 5.94. The first-order chi connectivity index (χ1) is 16.9. The molecular formula is C27H34N4O4. The smallest absolute Gasteiger partial charge is 0.318 e. The van der Waals surface area contributed by atoms with E-state index in [0.29, 0.717) is 50.7 Å². The Balaban J connectivity index is 1.84. The molecule has 0 bridgehead atoms. The number of fused-ring (bicyclic) bond motifs is 1. The van der Waals surface area contributed by atoms with E-state index in [9.17, 15) is 14.7 Å². The summed E-state index contributed by atoms with van der Waals surface area (Å²) in [5.74, 6) is -0.134. The molecule has 1 fully saturated rings. The molecule has 0 aliphatic carbocycles. The Morgan fingerprint density at radius 3 is 2.71 bits per heavy atom. The average Bonchev–Trinajstić information content (AvgIpc) is 3.22. The van der Waals surface area contributed by atoms with E-state index < -0.39 is 0 Å². The number of amides is 3. The topological polar surface area (TPSA) is 95.0 Å². The van der Waals surface area contributed by atoms with Gasteiger partial charge < -0.3 is 25.0 Å². The fourth-order valence-electron chi connectivity index (χ4n) is 4.77. The van der Waals surface area contributed by atoms with Crippen LogP contribution in [0, 0.1) is 0 Å². The number of hydrogen-bond donors (Lipinski definition) is 2. The van der Waals surface area contributed by atoms with Gasteiger partial charge in [0.25, 0.3) is 5.91 Å². The molecule has 4 rings (SSSR count). The van der Waals surface area contributed by atoms with Crippen LogP contribution in [0.5, 0.6) is 0 Å². The highest BCUT2D eigenvalue weighted by atomic mass is 16.5. The molecule has 3 amide bonds. The van der Waals surface area contributed by atoms with Gasteiger partial charge in [-0.05, 0) is 50.5 Å². The number of pyridine rings is 1. The summed E-state index contributed by atoms with van der Waals surface area (Å²) < 4.78 is 5.41. The first-order valence-electron chi connectivity index (χ1n) is 12.2. The molecule has 0 radical (unpaired) electrons. The van der Waals surface area contributed by atoms with Crippen molar-refractivity contribution >= 4 is 18.0 Å². The monoisotopic (exact) mass is 478 g/mol. The molecule has 2 N–H and O–H groups in total. The van der Waals surface area contributed by atoms with Crippen LogP contribution in [0.1, 0.15) is 60.4 Å². The van der Waals surface area contributed by atoms with E-state index in [-0.39, 0.29) is 30.6 Å². The van der Waals surface area contributed by atoms with Gasteiger partial charge in [0.2, 0.25) is 0 Å². The molecule has 2 aliphatic rings. The number of nitrogens with one attached hydrogen (secondary N) is 1. The van der Waals surface area contributed by atoms with Crippen LogP contribution in [-0.4, -0.2) is 70.8 Å². The SMILES string of the molecule is C/C=C/c1cccc(-c2nc(C(=O)N3CCOCC3)cc3c2[C@H](CCO)N(C(=O)NC(C)C)C3)c1. The zero-order valence-electron chi connectivity index (χ0n) is 20.7. The number of hydrogen-bond acceptors (Lipinski definition) is 5. The molecule has 186 valence electrons. The van der Waals surface area contributed by atoms with Crippen LogP contribution < -0.4 is 5.32 Å². The Bertz CT molecular complexity index is 1110. The maximum absolute atomic E-state index is 13.4.